The summed E-state index contributed by atoms with van der Waals surface area (Å²) in [5, 5.41) is 20.9. The summed E-state index contributed by atoms with van der Waals surface area (Å²) in [6.07, 6.45) is 9.90. The Bertz CT molecular complexity index is 1790. The Balaban J connectivity index is 1.26. The van der Waals surface area contributed by atoms with Gasteiger partial charge in [-0.15, -0.1) is 5.10 Å². The average molecular weight is 683 g/mol. The molecule has 2 N–H and O–H groups in total. The number of hydrogen-bond donors (Lipinski definition) is 2. The number of aliphatic hydroxyl groups is 1. The summed E-state index contributed by atoms with van der Waals surface area (Å²) in [7, 11) is 0. The Morgan fingerprint density at radius 2 is 1.74 bits per heavy atom. The second-order valence-electron chi connectivity index (χ2n) is 13.3. The average Bonchev–Trinajstić information content (AvgIpc) is 3.88. The summed E-state index contributed by atoms with van der Waals surface area (Å²) in [4.78, 5) is 59.7. The number of carbonyl (C=O) groups is 4. The fraction of sp³-hybridized carbons (Fsp3) is 0.459. The van der Waals surface area contributed by atoms with E-state index in [1.165, 1.54) is 0 Å². The van der Waals surface area contributed by atoms with E-state index in [0.29, 0.717) is 31.3 Å². The maximum Gasteiger partial charge on any atom is 0.306 e. The molecule has 3 amide bonds. The highest BCUT2D eigenvalue weighted by atomic mass is 16.5. The number of cyclic esters (lactones) is 1. The van der Waals surface area contributed by atoms with Crippen LogP contribution >= 0.6 is 0 Å². The number of carbonyl (C=O) groups excluding carboxylic acids is 4. The third-order valence-electron chi connectivity index (χ3n) is 10.2. The molecule has 0 unspecified atom stereocenters. The van der Waals surface area contributed by atoms with Gasteiger partial charge in [0.15, 0.2) is 0 Å². The molecule has 262 valence electrons. The molecule has 1 aromatic heterocycles. The van der Waals surface area contributed by atoms with Crippen LogP contribution in [0.3, 0.4) is 0 Å². The number of unbranched alkanes of at least 4 members (excludes halogenated alkanes) is 3. The fourth-order valence-corrected chi connectivity index (χ4v) is 7.75. The number of esters is 1. The van der Waals surface area contributed by atoms with Crippen LogP contribution in [0.5, 0.6) is 0 Å². The number of hydrogen-bond acceptors (Lipinski definition) is 9. The van der Waals surface area contributed by atoms with E-state index < -0.39 is 47.5 Å². The largest absolute Gasteiger partial charge is 0.463 e. The van der Waals surface area contributed by atoms with E-state index in [1.54, 1.807) is 20.6 Å². The van der Waals surface area contributed by atoms with E-state index >= 15 is 0 Å². The summed E-state index contributed by atoms with van der Waals surface area (Å²) >= 11 is 0. The normalized spacial score (nSPS) is 29.0. The standard InChI is InChI=1S/C37H42N6O7/c44-22-12-2-1-11-21-42-33-36(48)41(24-43-28-16-9-8-15-26(28)39-40-43)20-10-4-7-17-30(45)49-23-27(25-13-5-3-6-14-25)38-34(46)31-29-18-19-37(33,50-29)32(31)35(42)47/h3-6,8-10,13-16,18-19,27,29,31-33,44H,1-2,7,11-12,17,20-24H2,(H,38,46)/b10-4-/t27-,29-,31+,32+,33-,37+/m1/s1. The number of amides is 3. The molecule has 13 heteroatoms. The van der Waals surface area contributed by atoms with E-state index in [2.05, 4.69) is 15.6 Å². The highest BCUT2D eigenvalue weighted by molar-refractivity contribution is 6.00. The van der Waals surface area contributed by atoms with Crippen LogP contribution < -0.4 is 5.32 Å². The molecule has 50 heavy (non-hydrogen) atoms. The minimum absolute atomic E-state index is 0.0529. The molecule has 4 aliphatic rings. The third kappa shape index (κ3) is 6.31. The van der Waals surface area contributed by atoms with Gasteiger partial charge in [-0.25, -0.2) is 4.68 Å². The van der Waals surface area contributed by atoms with Gasteiger partial charge in [-0.1, -0.05) is 84.8 Å². The van der Waals surface area contributed by atoms with Gasteiger partial charge in [0.25, 0.3) is 5.91 Å². The van der Waals surface area contributed by atoms with Crippen molar-refractivity contribution in [1.82, 2.24) is 30.1 Å². The first kappa shape index (κ1) is 33.6. The molecule has 4 aliphatic heterocycles. The molecule has 3 aromatic rings. The summed E-state index contributed by atoms with van der Waals surface area (Å²) in [6, 6.07) is 15.0. The predicted molar refractivity (Wildman–Crippen MR) is 181 cm³/mol. The molecule has 0 saturated carbocycles. The summed E-state index contributed by atoms with van der Waals surface area (Å²) in [5.74, 6) is -3.28. The molecule has 6 atom stereocenters. The van der Waals surface area contributed by atoms with Crippen molar-refractivity contribution >= 4 is 34.7 Å². The fourth-order valence-electron chi connectivity index (χ4n) is 7.75. The van der Waals surface area contributed by atoms with Gasteiger partial charge in [0, 0.05) is 26.1 Å². The zero-order chi connectivity index (χ0) is 34.7. The molecule has 5 bridgehead atoms. The number of rotatable bonds is 9. The van der Waals surface area contributed by atoms with Crippen molar-refractivity contribution in [3.8, 4) is 0 Å². The second-order valence-corrected chi connectivity index (χ2v) is 13.3. The Labute approximate surface area is 289 Å². The lowest BCUT2D eigenvalue weighted by molar-refractivity contribution is -0.148. The molecule has 0 radical (unpaired) electrons. The van der Waals surface area contributed by atoms with Crippen LogP contribution in [0.25, 0.3) is 11.0 Å². The predicted octanol–water partition coefficient (Wildman–Crippen LogP) is 2.67. The van der Waals surface area contributed by atoms with Gasteiger partial charge in [0.05, 0.1) is 29.5 Å². The van der Waals surface area contributed by atoms with Crippen LogP contribution in [0.1, 0.15) is 50.1 Å². The van der Waals surface area contributed by atoms with Gasteiger partial charge in [-0.2, -0.15) is 0 Å². The monoisotopic (exact) mass is 682 g/mol. The van der Waals surface area contributed by atoms with Gasteiger partial charge in [-0.3, -0.25) is 19.2 Å². The maximum atomic E-state index is 15.0. The SMILES string of the molecule is O=C1CC/C=C\CN(Cn2nnc3ccccc32)C(=O)[C@H]2N(CCCCCCO)C(=O)[C@@H]3[C@@H](C(=O)N[C@@H](c4ccccc4)CO1)[C@H]1C=C[C@]32O1. The highest BCUT2D eigenvalue weighted by Gasteiger charge is 2.73. The highest BCUT2D eigenvalue weighted by Crippen LogP contribution is 2.55. The van der Waals surface area contributed by atoms with Crippen molar-refractivity contribution in [1.29, 1.82) is 0 Å². The number of fused-ring (bicyclic) bond motifs is 3. The molecular formula is C37H42N6O7. The number of ether oxygens (including phenoxy) is 2. The van der Waals surface area contributed by atoms with Crippen LogP contribution in [0, 0.1) is 11.8 Å². The molecule has 0 aliphatic carbocycles. The third-order valence-corrected chi connectivity index (χ3v) is 10.2. The zero-order valence-corrected chi connectivity index (χ0v) is 27.8. The number of allylic oxidation sites excluding steroid dienone is 1. The Morgan fingerprint density at radius 3 is 2.58 bits per heavy atom. The van der Waals surface area contributed by atoms with Crippen molar-refractivity contribution < 1.29 is 33.8 Å². The first-order valence-corrected chi connectivity index (χ1v) is 17.4. The number of aromatic nitrogens is 3. The minimum Gasteiger partial charge on any atom is -0.463 e. The van der Waals surface area contributed by atoms with Crippen LogP contribution in [-0.2, 0) is 35.3 Å². The van der Waals surface area contributed by atoms with E-state index in [0.717, 1.165) is 23.9 Å². The lowest BCUT2D eigenvalue weighted by atomic mass is 9.74. The van der Waals surface area contributed by atoms with E-state index in [-0.39, 0.29) is 44.7 Å². The Morgan fingerprint density at radius 1 is 0.940 bits per heavy atom. The topological polar surface area (TPSA) is 156 Å². The minimum atomic E-state index is -1.35. The summed E-state index contributed by atoms with van der Waals surface area (Å²) < 4.78 is 13.9. The summed E-state index contributed by atoms with van der Waals surface area (Å²) in [6.45, 7) is 0.543. The zero-order valence-electron chi connectivity index (χ0n) is 27.8. The first-order valence-electron chi connectivity index (χ1n) is 17.4. The number of nitrogens with one attached hydrogen (secondary N) is 1. The summed E-state index contributed by atoms with van der Waals surface area (Å²) in [5.41, 5.74) is 0.841. The van der Waals surface area contributed by atoms with Crippen molar-refractivity contribution in [2.45, 2.75) is 69.0 Å². The molecule has 7 rings (SSSR count). The van der Waals surface area contributed by atoms with E-state index in [1.807, 2.05) is 72.8 Å². The molecule has 1 spiro atoms. The van der Waals surface area contributed by atoms with E-state index in [9.17, 15) is 24.3 Å². The lowest BCUT2D eigenvalue weighted by Crippen LogP contribution is -2.56. The quantitative estimate of drug-likeness (QED) is 0.197. The number of para-hydroxylation sites is 1. The molecule has 2 aromatic carbocycles. The second kappa shape index (κ2) is 14.5. The van der Waals surface area contributed by atoms with Crippen LogP contribution in [0.15, 0.2) is 78.9 Å². The first-order chi connectivity index (χ1) is 24.4. The van der Waals surface area contributed by atoms with Gasteiger partial charge < -0.3 is 29.7 Å². The van der Waals surface area contributed by atoms with Crippen molar-refractivity contribution in [2.24, 2.45) is 11.8 Å². The van der Waals surface area contributed by atoms with Gasteiger partial charge in [0.1, 0.15) is 30.4 Å². The maximum absolute atomic E-state index is 15.0. The van der Waals surface area contributed by atoms with E-state index in [4.69, 9.17) is 9.47 Å². The van der Waals surface area contributed by atoms with Crippen molar-refractivity contribution in [2.75, 3.05) is 26.3 Å². The van der Waals surface area contributed by atoms with Crippen molar-refractivity contribution in [3.63, 3.8) is 0 Å². The van der Waals surface area contributed by atoms with Crippen LogP contribution in [0.2, 0.25) is 0 Å². The smallest absolute Gasteiger partial charge is 0.306 e. The molecule has 13 nitrogen and oxygen atoms in total. The van der Waals surface area contributed by atoms with Gasteiger partial charge in [0.2, 0.25) is 11.8 Å². The number of aliphatic hydroxyl groups excluding tert-OH is 1. The lowest BCUT2D eigenvalue weighted by Gasteiger charge is -2.35. The Kier molecular flexibility index (Phi) is 9.77. The molecule has 2 saturated heterocycles. The van der Waals surface area contributed by atoms with Gasteiger partial charge >= 0.3 is 5.97 Å². The van der Waals surface area contributed by atoms with Crippen LogP contribution in [0.4, 0.5) is 0 Å². The van der Waals surface area contributed by atoms with Gasteiger partial charge in [-0.05, 0) is 37.0 Å². The molecule has 5 heterocycles. The number of benzene rings is 2. The van der Waals surface area contributed by atoms with Crippen LogP contribution in [-0.4, -0.2) is 97.6 Å². The Hall–Kier alpha value is -4.88. The number of likely N-dealkylation sites (tertiary alicyclic amines) is 1. The molecular weight excluding hydrogens is 640 g/mol. The van der Waals surface area contributed by atoms with Crippen molar-refractivity contribution in [3.05, 3.63) is 84.5 Å². The number of nitrogens with zero attached hydrogens (tertiary/aromatic N) is 5. The molecule has 2 fully saturated rings.